The van der Waals surface area contributed by atoms with E-state index in [1.807, 2.05) is 12.1 Å². The Morgan fingerprint density at radius 3 is 2.36 bits per heavy atom. The summed E-state index contributed by atoms with van der Waals surface area (Å²) in [6.45, 7) is 3.47. The van der Waals surface area contributed by atoms with Crippen LogP contribution in [0.1, 0.15) is 17.4 Å². The number of non-ortho nitro benzene ring substituents is 1. The molecule has 1 amide bonds. The quantitative estimate of drug-likeness (QED) is 0.415. The lowest BCUT2D eigenvalue weighted by Gasteiger charge is -2.39. The second kappa shape index (κ2) is 10.3. The number of carbonyl (C=O) groups excluding carboxylic acids is 1. The van der Waals surface area contributed by atoms with E-state index in [1.165, 1.54) is 24.3 Å². The lowest BCUT2D eigenvalue weighted by Crippen LogP contribution is -2.50. The van der Waals surface area contributed by atoms with E-state index in [2.05, 4.69) is 15.1 Å². The second-order valence-corrected chi connectivity index (χ2v) is 7.94. The third-order valence-electron chi connectivity index (χ3n) is 5.82. The summed E-state index contributed by atoms with van der Waals surface area (Å²) in [6.07, 6.45) is 1.76. The van der Waals surface area contributed by atoms with Crippen molar-refractivity contribution in [2.45, 2.75) is 12.5 Å². The lowest BCUT2D eigenvalue weighted by molar-refractivity contribution is -0.384. The number of hydrogen-bond donors (Lipinski definition) is 1. The van der Waals surface area contributed by atoms with Gasteiger partial charge in [0.2, 0.25) is 5.91 Å². The molecule has 1 atom stereocenters. The van der Waals surface area contributed by atoms with Gasteiger partial charge in [-0.15, -0.1) is 0 Å². The largest absolute Gasteiger partial charge is 0.468 e. The molecule has 8 nitrogen and oxygen atoms in total. The molecule has 0 spiro atoms. The molecule has 1 unspecified atom stereocenters. The maximum Gasteiger partial charge on any atom is 0.269 e. The molecule has 3 aromatic rings. The van der Waals surface area contributed by atoms with Gasteiger partial charge in [-0.1, -0.05) is 12.1 Å². The molecule has 0 saturated carbocycles. The van der Waals surface area contributed by atoms with Gasteiger partial charge in [0.05, 0.1) is 23.6 Å². The minimum absolute atomic E-state index is 0.00294. The van der Waals surface area contributed by atoms with Gasteiger partial charge in [-0.25, -0.2) is 4.39 Å². The second-order valence-electron chi connectivity index (χ2n) is 7.94. The number of piperazine rings is 1. The minimum Gasteiger partial charge on any atom is -0.468 e. The van der Waals surface area contributed by atoms with E-state index < -0.39 is 4.92 Å². The van der Waals surface area contributed by atoms with Crippen LogP contribution in [-0.2, 0) is 11.2 Å². The standard InChI is InChI=1S/C24H25FN4O4/c25-19-5-9-20(10-6-19)27-11-13-28(14-12-27)22(23-2-1-15-33-23)17-26-24(30)16-18-3-7-21(8-4-18)29(31)32/h1-10,15,22H,11-14,16-17H2,(H,26,30). The molecule has 1 saturated heterocycles. The summed E-state index contributed by atoms with van der Waals surface area (Å²) in [4.78, 5) is 27.3. The van der Waals surface area contributed by atoms with Crippen molar-refractivity contribution in [2.24, 2.45) is 0 Å². The lowest BCUT2D eigenvalue weighted by atomic mass is 10.1. The van der Waals surface area contributed by atoms with Crippen LogP contribution < -0.4 is 10.2 Å². The highest BCUT2D eigenvalue weighted by atomic mass is 19.1. The minimum atomic E-state index is -0.465. The third-order valence-corrected chi connectivity index (χ3v) is 5.82. The van der Waals surface area contributed by atoms with Crippen LogP contribution in [0.5, 0.6) is 0 Å². The highest BCUT2D eigenvalue weighted by Crippen LogP contribution is 2.24. The van der Waals surface area contributed by atoms with Gasteiger partial charge in [0.25, 0.3) is 5.69 Å². The molecule has 1 aromatic heterocycles. The summed E-state index contributed by atoms with van der Waals surface area (Å²) in [5.74, 6) is 0.367. The number of amides is 1. The Labute approximate surface area is 190 Å². The van der Waals surface area contributed by atoms with Crippen molar-refractivity contribution in [3.63, 3.8) is 0 Å². The molecule has 1 aliphatic heterocycles. The topological polar surface area (TPSA) is 91.9 Å². The molecule has 2 heterocycles. The van der Waals surface area contributed by atoms with Crippen LogP contribution in [0.2, 0.25) is 0 Å². The molecule has 4 rings (SSSR count). The monoisotopic (exact) mass is 452 g/mol. The van der Waals surface area contributed by atoms with Gasteiger partial charge in [0.1, 0.15) is 11.6 Å². The Hall–Kier alpha value is -3.72. The number of rotatable bonds is 8. The van der Waals surface area contributed by atoms with Gasteiger partial charge in [0, 0.05) is 50.5 Å². The first kappa shape index (κ1) is 22.5. The van der Waals surface area contributed by atoms with Gasteiger partial charge in [0.15, 0.2) is 0 Å². The Balaban J connectivity index is 1.34. The number of nitrogens with one attached hydrogen (secondary N) is 1. The van der Waals surface area contributed by atoms with Crippen molar-refractivity contribution in [2.75, 3.05) is 37.6 Å². The van der Waals surface area contributed by atoms with Crippen molar-refractivity contribution in [3.05, 3.63) is 94.2 Å². The van der Waals surface area contributed by atoms with Crippen LogP contribution in [0, 0.1) is 15.9 Å². The highest BCUT2D eigenvalue weighted by Gasteiger charge is 2.27. The fourth-order valence-corrected chi connectivity index (χ4v) is 4.03. The zero-order valence-corrected chi connectivity index (χ0v) is 18.0. The number of benzene rings is 2. The van der Waals surface area contributed by atoms with Crippen molar-refractivity contribution < 1.29 is 18.5 Å². The molecule has 172 valence electrons. The zero-order valence-electron chi connectivity index (χ0n) is 18.0. The summed E-state index contributed by atoms with van der Waals surface area (Å²) in [7, 11) is 0. The van der Waals surface area contributed by atoms with Gasteiger partial charge in [-0.3, -0.25) is 19.8 Å². The molecule has 2 aromatic carbocycles. The van der Waals surface area contributed by atoms with Crippen LogP contribution in [0.3, 0.4) is 0 Å². The predicted molar refractivity (Wildman–Crippen MR) is 121 cm³/mol. The molecular formula is C24H25FN4O4. The molecule has 1 fully saturated rings. The summed E-state index contributed by atoms with van der Waals surface area (Å²) >= 11 is 0. The van der Waals surface area contributed by atoms with E-state index in [1.54, 1.807) is 30.5 Å². The smallest absolute Gasteiger partial charge is 0.269 e. The first-order valence-corrected chi connectivity index (χ1v) is 10.8. The summed E-state index contributed by atoms with van der Waals surface area (Å²) in [5.41, 5.74) is 1.69. The maximum atomic E-state index is 13.2. The molecule has 0 radical (unpaired) electrons. The number of halogens is 1. The summed E-state index contributed by atoms with van der Waals surface area (Å²) < 4.78 is 18.9. The van der Waals surface area contributed by atoms with Gasteiger partial charge in [-0.2, -0.15) is 0 Å². The van der Waals surface area contributed by atoms with Gasteiger partial charge < -0.3 is 14.6 Å². The SMILES string of the molecule is O=C(Cc1ccc([N+](=O)[O-])cc1)NCC(c1ccco1)N1CCN(c2ccc(F)cc2)CC1. The first-order chi connectivity index (χ1) is 16.0. The first-order valence-electron chi connectivity index (χ1n) is 10.8. The van der Waals surface area contributed by atoms with Crippen LogP contribution >= 0.6 is 0 Å². The Kier molecular flexibility index (Phi) is 6.99. The zero-order chi connectivity index (χ0) is 23.2. The molecule has 0 aliphatic carbocycles. The maximum absolute atomic E-state index is 13.2. The average Bonchev–Trinajstić information content (AvgIpc) is 3.35. The van der Waals surface area contributed by atoms with Crippen LogP contribution in [0.25, 0.3) is 0 Å². The van der Waals surface area contributed by atoms with Gasteiger partial charge >= 0.3 is 0 Å². The van der Waals surface area contributed by atoms with Crippen molar-refractivity contribution >= 4 is 17.3 Å². The summed E-state index contributed by atoms with van der Waals surface area (Å²) in [5, 5.41) is 13.8. The van der Waals surface area contributed by atoms with E-state index in [4.69, 9.17) is 4.42 Å². The van der Waals surface area contributed by atoms with Crippen LogP contribution in [-0.4, -0.2) is 48.5 Å². The Morgan fingerprint density at radius 1 is 1.06 bits per heavy atom. The molecular weight excluding hydrogens is 427 g/mol. The fourth-order valence-electron chi connectivity index (χ4n) is 4.03. The van der Waals surface area contributed by atoms with Crippen molar-refractivity contribution in [3.8, 4) is 0 Å². The van der Waals surface area contributed by atoms with E-state index in [9.17, 15) is 19.3 Å². The van der Waals surface area contributed by atoms with E-state index in [0.29, 0.717) is 12.1 Å². The number of hydrogen-bond acceptors (Lipinski definition) is 6. The fraction of sp³-hybridized carbons (Fsp3) is 0.292. The Morgan fingerprint density at radius 2 is 1.76 bits per heavy atom. The average molecular weight is 452 g/mol. The third kappa shape index (κ3) is 5.75. The number of nitro benzene ring substituents is 1. The van der Waals surface area contributed by atoms with E-state index in [-0.39, 0.29) is 29.9 Å². The predicted octanol–water partition coefficient (Wildman–Crippen LogP) is 3.55. The number of carbonyl (C=O) groups is 1. The van der Waals surface area contributed by atoms with E-state index in [0.717, 1.165) is 37.6 Å². The van der Waals surface area contributed by atoms with Gasteiger partial charge in [-0.05, 0) is 42.0 Å². The van der Waals surface area contributed by atoms with E-state index >= 15 is 0 Å². The van der Waals surface area contributed by atoms with Crippen LogP contribution in [0.4, 0.5) is 15.8 Å². The number of anilines is 1. The highest BCUT2D eigenvalue weighted by molar-refractivity contribution is 5.78. The number of nitro groups is 1. The molecule has 1 N–H and O–H groups in total. The van der Waals surface area contributed by atoms with Crippen molar-refractivity contribution in [1.82, 2.24) is 10.2 Å². The Bertz CT molecular complexity index is 1060. The molecule has 9 heteroatoms. The number of furan rings is 1. The van der Waals surface area contributed by atoms with Crippen LogP contribution in [0.15, 0.2) is 71.3 Å². The molecule has 0 bridgehead atoms. The summed E-state index contributed by atoms with van der Waals surface area (Å²) in [6, 6.07) is 16.1. The normalized spacial score (nSPS) is 15.2. The molecule has 1 aliphatic rings. The van der Waals surface area contributed by atoms with Crippen molar-refractivity contribution in [1.29, 1.82) is 0 Å². The number of nitrogens with zero attached hydrogens (tertiary/aromatic N) is 3. The molecule has 33 heavy (non-hydrogen) atoms.